The average Bonchev–Trinajstić information content (AvgIpc) is 3.83. The molecule has 4 aromatic carbocycles. The van der Waals surface area contributed by atoms with Crippen LogP contribution in [0.5, 0.6) is 0 Å². The topological polar surface area (TPSA) is 61.4 Å². The number of hydrogen-bond acceptors (Lipinski definition) is 4. The summed E-state index contributed by atoms with van der Waals surface area (Å²) in [5, 5.41) is 10.1. The van der Waals surface area contributed by atoms with Gasteiger partial charge in [-0.25, -0.2) is 9.36 Å². The predicted octanol–water partition coefficient (Wildman–Crippen LogP) is 9.84. The van der Waals surface area contributed by atoms with Gasteiger partial charge in [-0.1, -0.05) is 109 Å². The highest BCUT2D eigenvalue weighted by atomic mass is 15.3. The van der Waals surface area contributed by atoms with E-state index in [1.54, 1.807) is 0 Å². The van der Waals surface area contributed by atoms with E-state index in [1.165, 1.54) is 0 Å². The van der Waals surface area contributed by atoms with Crippen molar-refractivity contribution < 1.29 is 0 Å². The van der Waals surface area contributed by atoms with Crippen LogP contribution in [0.3, 0.4) is 0 Å². The van der Waals surface area contributed by atoms with E-state index >= 15 is 0 Å². The van der Waals surface area contributed by atoms with Crippen molar-refractivity contribution in [2.24, 2.45) is 0 Å². The highest BCUT2D eigenvalue weighted by Crippen LogP contribution is 2.34. The van der Waals surface area contributed by atoms with Gasteiger partial charge in [0.1, 0.15) is 11.4 Å². The van der Waals surface area contributed by atoms with Gasteiger partial charge >= 0.3 is 0 Å². The Labute approximate surface area is 286 Å². The van der Waals surface area contributed by atoms with Gasteiger partial charge in [0, 0.05) is 16.5 Å². The molecule has 0 N–H and O–H groups in total. The molecule has 0 spiro atoms. The maximum Gasteiger partial charge on any atom is 0.112 e. The quantitative estimate of drug-likeness (QED) is 0.167. The Kier molecular flexibility index (Phi) is 7.74. The van der Waals surface area contributed by atoms with E-state index in [0.717, 1.165) is 68.1 Å². The first-order chi connectivity index (χ1) is 24.0. The molecule has 0 fully saturated rings. The molecule has 0 amide bonds. The summed E-state index contributed by atoms with van der Waals surface area (Å²) in [5.41, 5.74) is 10.7. The van der Waals surface area contributed by atoms with Crippen LogP contribution >= 0.6 is 0 Å². The Morgan fingerprint density at radius 1 is 0.388 bits per heavy atom. The van der Waals surface area contributed by atoms with Crippen LogP contribution in [-0.2, 0) is 5.41 Å². The lowest BCUT2D eigenvalue weighted by molar-refractivity contribution is 0.596. The molecule has 4 aromatic heterocycles. The predicted molar refractivity (Wildman–Crippen MR) is 197 cm³/mol. The average molecular weight is 635 g/mol. The molecule has 0 aliphatic carbocycles. The van der Waals surface area contributed by atoms with Gasteiger partial charge in [-0.15, -0.1) is 0 Å². The number of benzene rings is 4. The van der Waals surface area contributed by atoms with E-state index in [-0.39, 0.29) is 0 Å². The Morgan fingerprint density at radius 3 is 1.14 bits per heavy atom. The SMILES string of the molecule is CC(C)(c1cccc(-c2cc(-c3ccccc3)n(-c3ccccc3)n2)n1)c1cccc(-c2cc(-c3ccccc3)n(-c3ccccc3)n2)n1. The molecule has 236 valence electrons. The van der Waals surface area contributed by atoms with Gasteiger partial charge in [0.25, 0.3) is 0 Å². The number of aromatic nitrogens is 6. The lowest BCUT2D eigenvalue weighted by atomic mass is 9.84. The molecule has 0 aliphatic heterocycles. The third kappa shape index (κ3) is 5.85. The standard InChI is InChI=1S/C43H34N6/c1-43(2,41-27-15-25-35(44-41)37-29-39(31-17-7-3-8-18-31)48(46-37)33-21-11-5-12-22-33)42-28-16-26-36(45-42)38-30-40(32-19-9-4-10-20-32)49(47-38)34-23-13-6-14-24-34/h3-30H,1-2H3. The second-order valence-electron chi connectivity index (χ2n) is 12.5. The zero-order valence-electron chi connectivity index (χ0n) is 27.3. The summed E-state index contributed by atoms with van der Waals surface area (Å²) < 4.78 is 3.99. The maximum absolute atomic E-state index is 5.20. The van der Waals surface area contributed by atoms with Crippen LogP contribution in [0.4, 0.5) is 0 Å². The van der Waals surface area contributed by atoms with Crippen LogP contribution in [0.1, 0.15) is 25.2 Å². The highest BCUT2D eigenvalue weighted by Gasteiger charge is 2.28. The molecule has 0 radical (unpaired) electrons. The first kappa shape index (κ1) is 30.0. The van der Waals surface area contributed by atoms with Crippen LogP contribution in [0.2, 0.25) is 0 Å². The minimum Gasteiger partial charge on any atom is -0.250 e. The van der Waals surface area contributed by atoms with Gasteiger partial charge in [0.2, 0.25) is 0 Å². The van der Waals surface area contributed by atoms with E-state index < -0.39 is 5.41 Å². The van der Waals surface area contributed by atoms with Crippen LogP contribution < -0.4 is 0 Å². The molecule has 0 atom stereocenters. The number of para-hydroxylation sites is 2. The molecular formula is C43H34N6. The molecule has 0 bridgehead atoms. The minimum absolute atomic E-state index is 0.499. The lowest BCUT2D eigenvalue weighted by Gasteiger charge is -2.24. The van der Waals surface area contributed by atoms with Crippen LogP contribution in [-0.4, -0.2) is 29.5 Å². The zero-order chi connectivity index (χ0) is 33.2. The van der Waals surface area contributed by atoms with Crippen molar-refractivity contribution >= 4 is 0 Å². The lowest BCUT2D eigenvalue weighted by Crippen LogP contribution is -2.22. The van der Waals surface area contributed by atoms with E-state index in [4.69, 9.17) is 20.2 Å². The van der Waals surface area contributed by atoms with Gasteiger partial charge < -0.3 is 0 Å². The summed E-state index contributed by atoms with van der Waals surface area (Å²) in [7, 11) is 0. The Bertz CT molecular complexity index is 2060. The van der Waals surface area contributed by atoms with Crippen molar-refractivity contribution in [1.29, 1.82) is 0 Å². The molecule has 8 aromatic rings. The Morgan fingerprint density at radius 2 is 0.755 bits per heavy atom. The van der Waals surface area contributed by atoms with Crippen molar-refractivity contribution in [3.05, 3.63) is 181 Å². The number of rotatable bonds is 8. The fourth-order valence-corrected chi connectivity index (χ4v) is 6.16. The van der Waals surface area contributed by atoms with Crippen LogP contribution in [0, 0.1) is 0 Å². The van der Waals surface area contributed by atoms with Crippen molar-refractivity contribution in [2.45, 2.75) is 19.3 Å². The van der Waals surface area contributed by atoms with Gasteiger partial charge in [0.05, 0.1) is 45.5 Å². The van der Waals surface area contributed by atoms with E-state index in [1.807, 2.05) is 70.0 Å². The van der Waals surface area contributed by atoms with Crippen LogP contribution in [0.15, 0.2) is 170 Å². The molecule has 6 heteroatoms. The van der Waals surface area contributed by atoms with E-state index in [9.17, 15) is 0 Å². The van der Waals surface area contributed by atoms with Gasteiger partial charge in [-0.05, 0) is 74.5 Å². The van der Waals surface area contributed by atoms with Crippen molar-refractivity contribution in [2.75, 3.05) is 0 Å². The molecule has 0 aliphatic rings. The summed E-state index contributed by atoms with van der Waals surface area (Å²) in [5.74, 6) is 0. The fourth-order valence-electron chi connectivity index (χ4n) is 6.16. The molecule has 8 rings (SSSR count). The molecule has 49 heavy (non-hydrogen) atoms. The second kappa shape index (κ2) is 12.7. The Balaban J connectivity index is 1.17. The normalized spacial score (nSPS) is 11.5. The van der Waals surface area contributed by atoms with Gasteiger partial charge in [-0.2, -0.15) is 10.2 Å². The molecule has 4 heterocycles. The first-order valence-electron chi connectivity index (χ1n) is 16.4. The highest BCUT2D eigenvalue weighted by molar-refractivity contribution is 5.70. The summed E-state index contributed by atoms with van der Waals surface area (Å²) in [6, 6.07) is 57.7. The molecule has 0 saturated carbocycles. The molecule has 0 unspecified atom stereocenters. The molecule has 0 saturated heterocycles. The largest absolute Gasteiger partial charge is 0.250 e. The maximum atomic E-state index is 5.20. The van der Waals surface area contributed by atoms with Gasteiger partial charge in [0.15, 0.2) is 0 Å². The third-order valence-corrected chi connectivity index (χ3v) is 8.86. The molecular weight excluding hydrogens is 601 g/mol. The van der Waals surface area contributed by atoms with Gasteiger partial charge in [-0.3, -0.25) is 9.97 Å². The summed E-state index contributed by atoms with van der Waals surface area (Å²) >= 11 is 0. The smallest absolute Gasteiger partial charge is 0.112 e. The van der Waals surface area contributed by atoms with Crippen molar-refractivity contribution in [1.82, 2.24) is 29.5 Å². The molecule has 6 nitrogen and oxygen atoms in total. The monoisotopic (exact) mass is 634 g/mol. The second-order valence-corrected chi connectivity index (χ2v) is 12.5. The zero-order valence-corrected chi connectivity index (χ0v) is 27.3. The minimum atomic E-state index is -0.499. The Hall–Kier alpha value is -6.40. The van der Waals surface area contributed by atoms with E-state index in [0.29, 0.717) is 0 Å². The number of hydrogen-bond donors (Lipinski definition) is 0. The van der Waals surface area contributed by atoms with E-state index in [2.05, 4.69) is 123 Å². The summed E-state index contributed by atoms with van der Waals surface area (Å²) in [4.78, 5) is 10.4. The van der Waals surface area contributed by atoms with Crippen molar-refractivity contribution in [3.8, 4) is 56.7 Å². The third-order valence-electron chi connectivity index (χ3n) is 8.86. The fraction of sp³-hybridized carbons (Fsp3) is 0.0698. The summed E-state index contributed by atoms with van der Waals surface area (Å²) in [6.45, 7) is 4.34. The first-order valence-corrected chi connectivity index (χ1v) is 16.4. The number of pyridine rings is 2. The summed E-state index contributed by atoms with van der Waals surface area (Å²) in [6.07, 6.45) is 0. The van der Waals surface area contributed by atoms with Crippen molar-refractivity contribution in [3.63, 3.8) is 0 Å². The van der Waals surface area contributed by atoms with Crippen LogP contribution in [0.25, 0.3) is 56.7 Å². The number of nitrogens with zero attached hydrogens (tertiary/aromatic N) is 6.